The molecular weight excluding hydrogens is 501 g/mol. The second kappa shape index (κ2) is 9.24. The monoisotopic (exact) mass is 532 g/mol. The van der Waals surface area contributed by atoms with Crippen LogP contribution in [0.25, 0.3) is 5.73 Å². The van der Waals surface area contributed by atoms with E-state index in [0.717, 1.165) is 24.5 Å². The average Bonchev–Trinajstić information content (AvgIpc) is 3.01. The smallest absolute Gasteiger partial charge is 0.142 e. The number of methoxy groups -OCH3 is 1. The van der Waals surface area contributed by atoms with Gasteiger partial charge in [-0.1, -0.05) is 58.0 Å². The molecule has 4 nitrogen and oxygen atoms in total. The van der Waals surface area contributed by atoms with Crippen molar-refractivity contribution >= 4 is 11.4 Å². The van der Waals surface area contributed by atoms with Gasteiger partial charge in [-0.05, 0) is 35.1 Å². The summed E-state index contributed by atoms with van der Waals surface area (Å²) in [6.45, 7) is 10.6. The van der Waals surface area contributed by atoms with E-state index in [1.165, 1.54) is 16.8 Å². The number of ether oxygens (including phenoxy) is 1. The molecular formula is C22H30HfN3O-. The summed E-state index contributed by atoms with van der Waals surface area (Å²) in [6.07, 6.45) is -0.455. The second-order valence-corrected chi connectivity index (χ2v) is 7.53. The van der Waals surface area contributed by atoms with Gasteiger partial charge in [0, 0.05) is 50.9 Å². The molecule has 0 radical (unpaired) electrons. The minimum atomic E-state index is -0.455. The van der Waals surface area contributed by atoms with Crippen LogP contribution in [0.5, 0.6) is 5.75 Å². The van der Waals surface area contributed by atoms with E-state index >= 15 is 0 Å². The van der Waals surface area contributed by atoms with E-state index in [1.54, 1.807) is 7.11 Å². The molecule has 0 aliphatic carbocycles. The summed E-state index contributed by atoms with van der Waals surface area (Å²) in [7, 11) is 1.69. The molecule has 1 aliphatic heterocycles. The standard InChI is InChI=1S/C22H30N3O.Hf/c1-15(2)17-9-8-10-18(16(3)4)21(17)25-14-13-24(22(25)23)19-11-6-7-12-20(19)26-5;/h6-12,15-16,22-23H,13-14H2,1-5H3;/q-1;. The Kier molecular flexibility index (Phi) is 7.52. The minimum absolute atomic E-state index is 0. The number of hydrogen-bond acceptors (Lipinski definition) is 3. The topological polar surface area (TPSA) is 39.5 Å². The Labute approximate surface area is 182 Å². The van der Waals surface area contributed by atoms with Crippen LogP contribution in [-0.4, -0.2) is 26.5 Å². The quantitative estimate of drug-likeness (QED) is 0.472. The summed E-state index contributed by atoms with van der Waals surface area (Å²) >= 11 is 0. The Morgan fingerprint density at radius 1 is 0.889 bits per heavy atom. The van der Waals surface area contributed by atoms with Crippen LogP contribution in [0.3, 0.4) is 0 Å². The molecule has 2 aromatic carbocycles. The summed E-state index contributed by atoms with van der Waals surface area (Å²) in [6, 6.07) is 14.6. The number of para-hydroxylation sites is 3. The minimum Gasteiger partial charge on any atom is -0.640 e. The van der Waals surface area contributed by atoms with Crippen molar-refractivity contribution in [2.24, 2.45) is 0 Å². The molecule has 2 aromatic rings. The molecule has 1 saturated heterocycles. The Balaban J connectivity index is 0.00000261. The number of rotatable bonds is 5. The van der Waals surface area contributed by atoms with Crippen LogP contribution in [0.2, 0.25) is 0 Å². The third kappa shape index (κ3) is 4.24. The Morgan fingerprint density at radius 2 is 1.44 bits per heavy atom. The molecule has 0 saturated carbocycles. The molecule has 1 heterocycles. The van der Waals surface area contributed by atoms with Gasteiger partial charge in [0.1, 0.15) is 5.75 Å². The summed E-state index contributed by atoms with van der Waals surface area (Å²) in [5.41, 5.74) is 13.9. The van der Waals surface area contributed by atoms with Crippen LogP contribution in [0.1, 0.15) is 50.7 Å². The van der Waals surface area contributed by atoms with Crippen molar-refractivity contribution in [3.8, 4) is 5.75 Å². The fraction of sp³-hybridized carbons (Fsp3) is 0.455. The molecule has 0 bridgehead atoms. The molecule has 0 spiro atoms. The molecule has 0 amide bonds. The summed E-state index contributed by atoms with van der Waals surface area (Å²) in [5, 5.41) is 0. The maximum absolute atomic E-state index is 8.96. The van der Waals surface area contributed by atoms with Crippen molar-refractivity contribution in [1.29, 1.82) is 0 Å². The van der Waals surface area contributed by atoms with E-state index in [2.05, 4.69) is 55.7 Å². The molecule has 27 heavy (non-hydrogen) atoms. The molecule has 3 rings (SSSR count). The third-order valence-corrected chi connectivity index (χ3v) is 5.20. The summed E-state index contributed by atoms with van der Waals surface area (Å²) in [4.78, 5) is 4.37. The molecule has 1 fully saturated rings. The average molecular weight is 531 g/mol. The normalized spacial score (nSPS) is 16.8. The van der Waals surface area contributed by atoms with Crippen LogP contribution in [0.15, 0.2) is 42.5 Å². The van der Waals surface area contributed by atoms with E-state index in [4.69, 9.17) is 10.5 Å². The first-order valence-corrected chi connectivity index (χ1v) is 9.46. The maximum atomic E-state index is 8.96. The summed E-state index contributed by atoms with van der Waals surface area (Å²) in [5.74, 6) is 1.68. The number of nitrogens with zero attached hydrogens (tertiary/aromatic N) is 2. The summed E-state index contributed by atoms with van der Waals surface area (Å²) < 4.78 is 5.53. The first-order valence-electron chi connectivity index (χ1n) is 9.46. The van der Waals surface area contributed by atoms with Gasteiger partial charge < -0.3 is 20.3 Å². The van der Waals surface area contributed by atoms with Crippen LogP contribution < -0.4 is 14.5 Å². The van der Waals surface area contributed by atoms with Crippen molar-refractivity contribution in [2.75, 3.05) is 30.0 Å². The first-order chi connectivity index (χ1) is 12.5. The number of hydrogen-bond donors (Lipinski definition) is 0. The van der Waals surface area contributed by atoms with E-state index in [-0.39, 0.29) is 25.8 Å². The van der Waals surface area contributed by atoms with Gasteiger partial charge in [-0.2, -0.15) is 0 Å². The van der Waals surface area contributed by atoms with Gasteiger partial charge in [0.2, 0.25) is 0 Å². The van der Waals surface area contributed by atoms with Crippen LogP contribution in [-0.2, 0) is 25.8 Å². The van der Waals surface area contributed by atoms with Gasteiger partial charge >= 0.3 is 0 Å². The van der Waals surface area contributed by atoms with Crippen molar-refractivity contribution in [1.82, 2.24) is 0 Å². The van der Waals surface area contributed by atoms with Crippen LogP contribution >= 0.6 is 0 Å². The van der Waals surface area contributed by atoms with E-state index in [9.17, 15) is 0 Å². The van der Waals surface area contributed by atoms with E-state index in [0.29, 0.717) is 11.8 Å². The molecule has 1 N–H and O–H groups in total. The number of nitrogens with one attached hydrogen (secondary N) is 1. The van der Waals surface area contributed by atoms with Gasteiger partial charge in [0.05, 0.1) is 12.8 Å². The molecule has 1 atom stereocenters. The Bertz CT molecular complexity index is 737. The number of anilines is 2. The molecule has 144 valence electrons. The first kappa shape index (κ1) is 22.0. The Hall–Kier alpha value is -1.33. The van der Waals surface area contributed by atoms with Crippen molar-refractivity contribution < 1.29 is 30.6 Å². The van der Waals surface area contributed by atoms with Gasteiger partial charge in [-0.3, -0.25) is 0 Å². The van der Waals surface area contributed by atoms with Gasteiger partial charge in [-0.15, -0.1) is 0 Å². The van der Waals surface area contributed by atoms with Crippen LogP contribution in [0, 0.1) is 0 Å². The fourth-order valence-electron chi connectivity index (χ4n) is 3.83. The predicted molar refractivity (Wildman–Crippen MR) is 110 cm³/mol. The van der Waals surface area contributed by atoms with E-state index < -0.39 is 6.29 Å². The third-order valence-electron chi connectivity index (χ3n) is 5.20. The van der Waals surface area contributed by atoms with Gasteiger partial charge in [0.25, 0.3) is 0 Å². The SMILES string of the molecule is COc1ccccc1N1CCN(c2c(C(C)C)cccc2C(C)C)C1[NH-].[Hf]. The number of benzene rings is 2. The predicted octanol–water partition coefficient (Wildman–Crippen LogP) is 5.60. The zero-order valence-electron chi connectivity index (χ0n) is 17.0. The Morgan fingerprint density at radius 3 is 2.00 bits per heavy atom. The maximum Gasteiger partial charge on any atom is 0.142 e. The molecule has 5 heteroatoms. The second-order valence-electron chi connectivity index (χ2n) is 7.53. The van der Waals surface area contributed by atoms with Crippen LogP contribution in [0.4, 0.5) is 11.4 Å². The zero-order chi connectivity index (χ0) is 18.8. The molecule has 0 aromatic heterocycles. The molecule has 1 unspecified atom stereocenters. The van der Waals surface area contributed by atoms with Gasteiger partial charge in [0.15, 0.2) is 0 Å². The van der Waals surface area contributed by atoms with Crippen molar-refractivity contribution in [2.45, 2.75) is 45.8 Å². The largest absolute Gasteiger partial charge is 0.640 e. The van der Waals surface area contributed by atoms with Gasteiger partial charge in [-0.25, -0.2) is 0 Å². The zero-order valence-corrected chi connectivity index (χ0v) is 20.6. The molecule has 1 aliphatic rings. The van der Waals surface area contributed by atoms with Crippen molar-refractivity contribution in [3.63, 3.8) is 0 Å². The van der Waals surface area contributed by atoms with E-state index in [1.807, 2.05) is 24.3 Å². The fourth-order valence-corrected chi connectivity index (χ4v) is 3.83. The van der Waals surface area contributed by atoms with Crippen molar-refractivity contribution in [3.05, 3.63) is 59.3 Å².